The zero-order valence-corrected chi connectivity index (χ0v) is 3.72. The van der Waals surface area contributed by atoms with Crippen LogP contribution in [0, 0.1) is 0 Å². The van der Waals surface area contributed by atoms with E-state index in [2.05, 4.69) is 19.8 Å². The van der Waals surface area contributed by atoms with Gasteiger partial charge in [-0.15, -0.1) is 0 Å². The van der Waals surface area contributed by atoms with Gasteiger partial charge in [0, 0.05) is 0 Å². The molecule has 0 aliphatic rings. The van der Waals surface area contributed by atoms with Crippen molar-refractivity contribution in [3.05, 3.63) is 0 Å². The first-order valence-electron chi connectivity index (χ1n) is 0.204. The van der Waals surface area contributed by atoms with E-state index in [4.69, 9.17) is 0 Å². The molecule has 0 aliphatic heterocycles. The smallest absolute Gasteiger partial charge is 1.00 e. The predicted octanol–water partition coefficient (Wildman–Crippen LogP) is -3.48. The third-order valence-electron chi connectivity index (χ3n) is 0. The maximum atomic E-state index is 3.89. The van der Waals surface area contributed by atoms with Crippen LogP contribution in [0.2, 0.25) is 0 Å². The van der Waals surface area contributed by atoms with Crippen LogP contribution in [0.1, 0.15) is 1.43 Å². The maximum Gasteiger partial charge on any atom is 1.00 e. The van der Waals surface area contributed by atoms with Crippen molar-refractivity contribution in [3.63, 3.8) is 0 Å². The Labute approximate surface area is 57.4 Å². The van der Waals surface area contributed by atoms with E-state index in [0.717, 1.165) is 0 Å². The van der Waals surface area contributed by atoms with Gasteiger partial charge >= 0.3 is 18.9 Å². The molecule has 0 aromatic carbocycles. The largest absolute Gasteiger partial charge is 1.00 e. The Kier molecular flexibility index (Phi) is 99.0. The summed E-state index contributed by atoms with van der Waals surface area (Å²) in [4.78, 5) is 0. The molecule has 0 saturated heterocycles. The Morgan fingerprint density at radius 1 is 1.50 bits per heavy atom. The summed E-state index contributed by atoms with van der Waals surface area (Å²) >= 11 is 3.89. The van der Waals surface area contributed by atoms with Gasteiger partial charge in [-0.05, 0) is 8.02 Å². The predicted molar refractivity (Wildman–Crippen MR) is 26.7 cm³/mol. The van der Waals surface area contributed by atoms with Gasteiger partial charge in [-0.3, -0.25) is 0 Å². The molecule has 0 nitrogen and oxygen atoms in total. The molecular formula is H5AlLiPS. The zero-order chi connectivity index (χ0) is 2.00. The van der Waals surface area contributed by atoms with Crippen molar-refractivity contribution in [1.29, 1.82) is 0 Å². The van der Waals surface area contributed by atoms with Crippen LogP contribution in [0.3, 0.4) is 0 Å². The third-order valence-corrected chi connectivity index (χ3v) is 0. The molecule has 0 N–H and O–H groups in total. The first-order chi connectivity index (χ1) is 1.00. The van der Waals surface area contributed by atoms with E-state index < -0.39 is 0 Å². The average Bonchev–Trinajstić information content (AvgIpc) is 1.00. The molecule has 0 unspecified atom stereocenters. The first kappa shape index (κ1) is 17.4. The zero-order valence-electron chi connectivity index (χ0n) is 2.91. The van der Waals surface area contributed by atoms with Gasteiger partial charge in [-0.25, -0.2) is 0 Å². The molecule has 0 heterocycles. The van der Waals surface area contributed by atoms with E-state index in [9.17, 15) is 0 Å². The quantitative estimate of drug-likeness (QED) is 0.226. The molecule has 0 atom stereocenters. The molecule has 0 radical (unpaired) electrons. The fourth-order valence-electron chi connectivity index (χ4n) is 0. The summed E-state index contributed by atoms with van der Waals surface area (Å²) < 4.78 is 0. The van der Waals surface area contributed by atoms with Crippen LogP contribution in [0.25, 0.3) is 0 Å². The van der Waals surface area contributed by atoms with Crippen molar-refractivity contribution in [2.45, 2.75) is 0 Å². The van der Waals surface area contributed by atoms with Crippen LogP contribution in [0.4, 0.5) is 0 Å². The summed E-state index contributed by atoms with van der Waals surface area (Å²) in [5.41, 5.74) is 0. The Bertz CT molecular complexity index is 11.6. The van der Waals surface area contributed by atoms with Gasteiger partial charge in [-0.1, -0.05) is 11.8 Å². The molecular weight excluding hydrogens is 97.0 g/mol. The molecule has 4 heavy (non-hydrogen) atoms. The number of hydrogen-bond donors (Lipinski definition) is 0. The molecule has 0 bridgehead atoms. The summed E-state index contributed by atoms with van der Waals surface area (Å²) in [6, 6.07) is 0. The van der Waals surface area contributed by atoms with E-state index in [1.807, 2.05) is 0 Å². The summed E-state index contributed by atoms with van der Waals surface area (Å²) in [7, 11) is 2.56. The van der Waals surface area contributed by atoms with E-state index in [0.29, 0.717) is 0 Å². The van der Waals surface area contributed by atoms with E-state index >= 15 is 0 Å². The molecule has 20 valence electrons. The second-order valence-electron chi connectivity index (χ2n) is 0. The van der Waals surface area contributed by atoms with Crippen molar-refractivity contribution in [1.82, 2.24) is 0 Å². The topological polar surface area (TPSA) is 0 Å². The molecule has 0 aromatic rings. The molecule has 0 fully saturated rings. The van der Waals surface area contributed by atoms with Crippen LogP contribution in [-0.2, 0) is 11.8 Å². The summed E-state index contributed by atoms with van der Waals surface area (Å²) in [5, 5.41) is 0. The molecule has 0 aromatic heterocycles. The maximum absolute atomic E-state index is 3.89. The average molecular weight is 102 g/mol. The van der Waals surface area contributed by atoms with Crippen molar-refractivity contribution in [2.24, 2.45) is 0 Å². The summed E-state index contributed by atoms with van der Waals surface area (Å²) in [5.74, 6) is 0. The fourth-order valence-corrected chi connectivity index (χ4v) is 0. The van der Waals surface area contributed by atoms with E-state index in [-0.39, 0.29) is 37.6 Å². The molecule has 0 saturated carbocycles. The second kappa shape index (κ2) is 22.8. The number of hydrogen-bond acceptors (Lipinski definition) is 1. The molecule has 0 rings (SSSR count). The Morgan fingerprint density at radius 3 is 1.50 bits per heavy atom. The Hall–Kier alpha value is 1.65. The van der Waals surface area contributed by atoms with Crippen LogP contribution < -0.4 is 18.9 Å². The van der Waals surface area contributed by atoms with Gasteiger partial charge in [0.25, 0.3) is 0 Å². The summed E-state index contributed by atoms with van der Waals surface area (Å²) in [6.45, 7) is 0. The van der Waals surface area contributed by atoms with Gasteiger partial charge in [0.1, 0.15) is 0 Å². The van der Waals surface area contributed by atoms with Crippen molar-refractivity contribution < 1.29 is 20.3 Å². The number of rotatable bonds is 0. The van der Waals surface area contributed by atoms with E-state index in [1.54, 1.807) is 0 Å². The minimum absolute atomic E-state index is 0. The normalized spacial score (nSPS) is 1.00. The van der Waals surface area contributed by atoms with Crippen molar-refractivity contribution >= 4 is 37.2 Å². The van der Waals surface area contributed by atoms with Gasteiger partial charge in [0.05, 0.1) is 0 Å². The molecule has 4 heteroatoms. The van der Waals surface area contributed by atoms with E-state index in [1.165, 1.54) is 0 Å². The Morgan fingerprint density at radius 2 is 1.50 bits per heavy atom. The molecule has 0 spiro atoms. The van der Waals surface area contributed by atoms with Crippen LogP contribution in [-0.4, -0.2) is 17.4 Å². The first-order valence-corrected chi connectivity index (χ1v) is 1.84. The van der Waals surface area contributed by atoms with Crippen LogP contribution >= 0.6 is 8.02 Å². The summed E-state index contributed by atoms with van der Waals surface area (Å²) in [6.07, 6.45) is 0. The van der Waals surface area contributed by atoms with Crippen molar-refractivity contribution in [2.75, 3.05) is 0 Å². The van der Waals surface area contributed by atoms with Gasteiger partial charge < -0.3 is 1.43 Å². The SMILES string of the molecule is P=S.[AlH3].[H-].[Li+]. The van der Waals surface area contributed by atoms with Crippen LogP contribution in [0.15, 0.2) is 0 Å². The van der Waals surface area contributed by atoms with Crippen molar-refractivity contribution in [3.8, 4) is 0 Å². The standard InChI is InChI=1S/Al.Li.HPS.4H/c;;1-2;;;;/h;;1H;;;;/q;+1;;;;;-1. The monoisotopic (exact) mass is 102 g/mol. The van der Waals surface area contributed by atoms with Gasteiger partial charge in [0.15, 0.2) is 17.4 Å². The minimum Gasteiger partial charge on any atom is -1.00 e. The minimum atomic E-state index is 0. The molecule has 0 amide bonds. The second-order valence-corrected chi connectivity index (χ2v) is 0. The fraction of sp³-hybridized carbons (Fsp3) is 0. The Balaban J connectivity index is -0.00000000167. The van der Waals surface area contributed by atoms with Crippen LogP contribution in [0.5, 0.6) is 0 Å². The third kappa shape index (κ3) is 9.42. The van der Waals surface area contributed by atoms with Gasteiger partial charge in [-0.2, -0.15) is 0 Å². The molecule has 0 aliphatic carbocycles. The van der Waals surface area contributed by atoms with Gasteiger partial charge in [0.2, 0.25) is 0 Å².